The lowest BCUT2D eigenvalue weighted by atomic mass is 10.1. The number of carbonyl (C=O) groups is 2. The smallest absolute Gasteiger partial charge is 0.324 e. The van der Waals surface area contributed by atoms with Crippen molar-refractivity contribution in [3.05, 3.63) is 95.8 Å². The normalized spacial score (nSPS) is 16.5. The summed E-state index contributed by atoms with van der Waals surface area (Å²) in [5, 5.41) is 0. The number of carbonyl (C=O) groups excluding carboxylic acids is 2. The first-order valence-corrected chi connectivity index (χ1v) is 12.1. The lowest BCUT2D eigenvalue weighted by molar-refractivity contribution is 0.0746. The molecule has 2 fully saturated rings. The molecule has 3 aromatic rings. The maximum Gasteiger partial charge on any atom is 0.324 e. The largest absolute Gasteiger partial charge is 0.366 e. The topological polar surface area (TPSA) is 47.1 Å². The van der Waals surface area contributed by atoms with Crippen LogP contribution in [0.1, 0.15) is 22.3 Å². The summed E-state index contributed by atoms with van der Waals surface area (Å²) in [7, 11) is 0. The van der Waals surface area contributed by atoms with E-state index < -0.39 is 0 Å². The fourth-order valence-corrected chi connectivity index (χ4v) is 4.80. The van der Waals surface area contributed by atoms with E-state index in [4.69, 9.17) is 0 Å². The third-order valence-corrected chi connectivity index (χ3v) is 6.71. The van der Waals surface area contributed by atoms with Crippen LogP contribution in [0.2, 0.25) is 0 Å². The molecule has 2 saturated heterocycles. The van der Waals surface area contributed by atoms with Crippen molar-refractivity contribution >= 4 is 23.3 Å². The Labute approximate surface area is 205 Å². The lowest BCUT2D eigenvalue weighted by Gasteiger charge is -2.36. The highest BCUT2D eigenvalue weighted by Gasteiger charge is 2.28. The molecule has 2 aliphatic rings. The first-order valence-electron chi connectivity index (χ1n) is 12.1. The number of halogens is 1. The zero-order valence-corrected chi connectivity index (χ0v) is 19.6. The molecule has 0 radical (unpaired) electrons. The Bertz CT molecular complexity index is 1180. The van der Waals surface area contributed by atoms with Crippen molar-refractivity contribution in [2.45, 2.75) is 13.0 Å². The van der Waals surface area contributed by atoms with Gasteiger partial charge in [-0.1, -0.05) is 42.5 Å². The van der Waals surface area contributed by atoms with Crippen molar-refractivity contribution in [1.29, 1.82) is 0 Å². The van der Waals surface area contributed by atoms with Crippen LogP contribution in [0.25, 0.3) is 0 Å². The third-order valence-electron chi connectivity index (χ3n) is 6.71. The van der Waals surface area contributed by atoms with Gasteiger partial charge in [-0.05, 0) is 48.4 Å². The van der Waals surface area contributed by atoms with E-state index in [1.807, 2.05) is 58.3 Å². The Morgan fingerprint density at radius 2 is 1.46 bits per heavy atom. The third kappa shape index (κ3) is 4.99. The number of benzene rings is 3. The molecule has 0 N–H and O–H groups in total. The van der Waals surface area contributed by atoms with Crippen molar-refractivity contribution in [3.63, 3.8) is 0 Å². The fourth-order valence-electron chi connectivity index (χ4n) is 4.80. The molecular formula is C28H29FN4O2. The van der Waals surface area contributed by atoms with E-state index in [1.165, 1.54) is 6.07 Å². The molecule has 0 aliphatic carbocycles. The van der Waals surface area contributed by atoms with Crippen LogP contribution in [0.3, 0.4) is 0 Å². The molecule has 3 amide bonds. The van der Waals surface area contributed by atoms with Gasteiger partial charge in [0.05, 0.1) is 5.69 Å². The van der Waals surface area contributed by atoms with Gasteiger partial charge >= 0.3 is 6.03 Å². The molecule has 3 aromatic carbocycles. The van der Waals surface area contributed by atoms with Crippen molar-refractivity contribution in [3.8, 4) is 0 Å². The number of hydrogen-bond acceptors (Lipinski definition) is 3. The van der Waals surface area contributed by atoms with Gasteiger partial charge in [-0.2, -0.15) is 0 Å². The Morgan fingerprint density at radius 1 is 0.771 bits per heavy atom. The molecule has 35 heavy (non-hydrogen) atoms. The Kier molecular flexibility index (Phi) is 6.66. The summed E-state index contributed by atoms with van der Waals surface area (Å²) in [6.07, 6.45) is 0.894. The van der Waals surface area contributed by atoms with Crippen LogP contribution >= 0.6 is 0 Å². The number of urea groups is 1. The summed E-state index contributed by atoms with van der Waals surface area (Å²) >= 11 is 0. The summed E-state index contributed by atoms with van der Waals surface area (Å²) in [4.78, 5) is 33.6. The lowest BCUT2D eigenvalue weighted by Crippen LogP contribution is -2.49. The van der Waals surface area contributed by atoms with E-state index in [0.29, 0.717) is 50.5 Å². The van der Waals surface area contributed by atoms with E-state index in [2.05, 4.69) is 0 Å². The predicted octanol–water partition coefficient (Wildman–Crippen LogP) is 4.62. The summed E-state index contributed by atoms with van der Waals surface area (Å²) in [6, 6.07) is 24.0. The van der Waals surface area contributed by atoms with Gasteiger partial charge in [-0.25, -0.2) is 9.18 Å². The monoisotopic (exact) mass is 472 g/mol. The van der Waals surface area contributed by atoms with Gasteiger partial charge in [-0.15, -0.1) is 0 Å². The van der Waals surface area contributed by atoms with E-state index in [0.717, 1.165) is 24.2 Å². The van der Waals surface area contributed by atoms with Crippen molar-refractivity contribution in [1.82, 2.24) is 9.80 Å². The number of anilines is 2. The second-order valence-electron chi connectivity index (χ2n) is 8.97. The Hall–Kier alpha value is -3.87. The van der Waals surface area contributed by atoms with E-state index in [1.54, 1.807) is 34.1 Å². The average molecular weight is 473 g/mol. The van der Waals surface area contributed by atoms with Gasteiger partial charge in [0.25, 0.3) is 5.91 Å². The minimum Gasteiger partial charge on any atom is -0.366 e. The first kappa shape index (κ1) is 22.9. The molecule has 2 aliphatic heterocycles. The van der Waals surface area contributed by atoms with E-state index in [9.17, 15) is 14.0 Å². The molecule has 0 saturated carbocycles. The van der Waals surface area contributed by atoms with Gasteiger partial charge < -0.3 is 14.7 Å². The number of rotatable bonds is 5. The van der Waals surface area contributed by atoms with Gasteiger partial charge in [-0.3, -0.25) is 9.69 Å². The highest BCUT2D eigenvalue weighted by Crippen LogP contribution is 2.24. The highest BCUT2D eigenvalue weighted by molar-refractivity contribution is 5.96. The van der Waals surface area contributed by atoms with E-state index in [-0.39, 0.29) is 17.8 Å². The van der Waals surface area contributed by atoms with Crippen LogP contribution in [-0.4, -0.2) is 61.0 Å². The number of piperazine rings is 1. The van der Waals surface area contributed by atoms with Crippen LogP contribution in [0.5, 0.6) is 0 Å². The highest BCUT2D eigenvalue weighted by atomic mass is 19.1. The van der Waals surface area contributed by atoms with Gasteiger partial charge in [0.1, 0.15) is 5.82 Å². The number of hydrogen-bond donors (Lipinski definition) is 0. The molecule has 6 nitrogen and oxygen atoms in total. The minimum atomic E-state index is -0.238. The number of nitrogens with zero attached hydrogens (tertiary/aromatic N) is 4. The Balaban J connectivity index is 1.20. The first-order chi connectivity index (χ1) is 17.1. The average Bonchev–Trinajstić information content (AvgIpc) is 2.91. The molecule has 0 spiro atoms. The maximum absolute atomic E-state index is 14.1. The zero-order valence-electron chi connectivity index (χ0n) is 19.6. The summed E-state index contributed by atoms with van der Waals surface area (Å²) in [6.45, 7) is 4.23. The summed E-state index contributed by atoms with van der Waals surface area (Å²) < 4.78 is 14.1. The van der Waals surface area contributed by atoms with Crippen LogP contribution in [0.15, 0.2) is 78.9 Å². The molecule has 0 aromatic heterocycles. The van der Waals surface area contributed by atoms with E-state index >= 15 is 0 Å². The van der Waals surface area contributed by atoms with Crippen LogP contribution < -0.4 is 9.80 Å². The summed E-state index contributed by atoms with van der Waals surface area (Å²) in [5.74, 6) is -0.280. The zero-order chi connectivity index (χ0) is 24.2. The molecule has 180 valence electrons. The fraction of sp³-hybridized carbons (Fsp3) is 0.286. The minimum absolute atomic E-state index is 0.0107. The number of para-hydroxylation sites is 1. The van der Waals surface area contributed by atoms with Crippen LogP contribution in [0, 0.1) is 5.82 Å². The van der Waals surface area contributed by atoms with Crippen LogP contribution in [-0.2, 0) is 6.54 Å². The standard InChI is InChI=1S/C28H29FN4O2/c29-25-9-4-5-10-26(25)30-17-19-31(20-18-30)27(34)23-11-13-24(14-12-23)33-16-6-15-32(28(33)35)21-22-7-2-1-3-8-22/h1-5,7-14H,6,15-21H2. The molecule has 7 heteroatoms. The van der Waals surface area contributed by atoms with Crippen molar-refractivity contribution < 1.29 is 14.0 Å². The molecule has 0 atom stereocenters. The van der Waals surface area contributed by atoms with Crippen LogP contribution in [0.4, 0.5) is 20.6 Å². The van der Waals surface area contributed by atoms with Crippen molar-refractivity contribution in [2.24, 2.45) is 0 Å². The van der Waals surface area contributed by atoms with Gasteiger partial charge in [0.2, 0.25) is 0 Å². The second kappa shape index (κ2) is 10.2. The molecule has 0 unspecified atom stereocenters. The van der Waals surface area contributed by atoms with Gasteiger partial charge in [0.15, 0.2) is 0 Å². The molecule has 0 bridgehead atoms. The predicted molar refractivity (Wildman–Crippen MR) is 135 cm³/mol. The molecule has 5 rings (SSSR count). The summed E-state index contributed by atoms with van der Waals surface area (Å²) in [5.41, 5.74) is 3.09. The molecular weight excluding hydrogens is 443 g/mol. The SMILES string of the molecule is O=C(c1ccc(N2CCCN(Cc3ccccc3)C2=O)cc1)N1CCN(c2ccccc2F)CC1. The maximum atomic E-state index is 14.1. The number of amides is 3. The second-order valence-corrected chi connectivity index (χ2v) is 8.97. The Morgan fingerprint density at radius 3 is 2.17 bits per heavy atom. The van der Waals surface area contributed by atoms with Crippen molar-refractivity contribution in [2.75, 3.05) is 49.1 Å². The van der Waals surface area contributed by atoms with Gasteiger partial charge in [0, 0.05) is 57.1 Å². The molecule has 2 heterocycles. The quantitative estimate of drug-likeness (QED) is 0.545.